The molecule has 31 heavy (non-hydrogen) atoms. The lowest BCUT2D eigenvalue weighted by Gasteiger charge is -2.08. The molecule has 4 rings (SSSR count). The predicted molar refractivity (Wildman–Crippen MR) is 122 cm³/mol. The van der Waals surface area contributed by atoms with Gasteiger partial charge in [0.15, 0.2) is 0 Å². The van der Waals surface area contributed by atoms with E-state index in [-0.39, 0.29) is 5.91 Å². The van der Waals surface area contributed by atoms with E-state index in [0.717, 1.165) is 33.5 Å². The summed E-state index contributed by atoms with van der Waals surface area (Å²) in [4.78, 5) is 20.7. The molecule has 0 unspecified atom stereocenters. The molecule has 0 saturated heterocycles. The molecule has 3 aromatic heterocycles. The Labute approximate surface area is 181 Å². The first kappa shape index (κ1) is 20.3. The van der Waals surface area contributed by atoms with E-state index in [0.29, 0.717) is 17.9 Å². The third-order valence-electron chi connectivity index (χ3n) is 5.10. The Morgan fingerprint density at radius 2 is 1.87 bits per heavy atom. The van der Waals surface area contributed by atoms with Crippen LogP contribution in [0.5, 0.6) is 0 Å². The van der Waals surface area contributed by atoms with Gasteiger partial charge in [-0.2, -0.15) is 5.10 Å². The van der Waals surface area contributed by atoms with E-state index in [2.05, 4.69) is 25.7 Å². The Morgan fingerprint density at radius 1 is 1.06 bits per heavy atom. The van der Waals surface area contributed by atoms with Gasteiger partial charge in [-0.05, 0) is 41.8 Å². The van der Waals surface area contributed by atoms with Crippen molar-refractivity contribution in [3.8, 4) is 22.4 Å². The van der Waals surface area contributed by atoms with Crippen LogP contribution in [-0.4, -0.2) is 32.7 Å². The van der Waals surface area contributed by atoms with E-state index in [1.54, 1.807) is 31.6 Å². The van der Waals surface area contributed by atoms with Gasteiger partial charge in [0.1, 0.15) is 11.5 Å². The number of carbonyl (C=O) groups excluding carboxylic acids is 1. The molecule has 0 bridgehead atoms. The topological polar surface area (TPSA) is 84.7 Å². The largest absolute Gasteiger partial charge is 0.373 e. The molecule has 1 amide bonds. The standard InChI is InChI=1S/C24H24N6O/c1-16-13-26-10-9-20(16)21-15-30(3)29-23(21)18-6-4-17(5-7-18)14-28-24(31)19-8-11-27-22(12-19)25-2/h4-13,15H,14H2,1-3H3,(H,25,27)(H,28,31). The molecule has 0 saturated carbocycles. The number of anilines is 1. The van der Waals surface area contributed by atoms with Gasteiger partial charge in [0.05, 0.1) is 0 Å². The summed E-state index contributed by atoms with van der Waals surface area (Å²) in [7, 11) is 3.70. The number of benzene rings is 1. The number of amides is 1. The highest BCUT2D eigenvalue weighted by Crippen LogP contribution is 2.32. The number of pyridine rings is 2. The van der Waals surface area contributed by atoms with E-state index in [9.17, 15) is 4.79 Å². The van der Waals surface area contributed by atoms with E-state index in [1.807, 2.05) is 61.4 Å². The number of rotatable bonds is 6. The van der Waals surface area contributed by atoms with Crippen molar-refractivity contribution in [2.75, 3.05) is 12.4 Å². The maximum absolute atomic E-state index is 12.4. The summed E-state index contributed by atoms with van der Waals surface area (Å²) in [6.07, 6.45) is 7.30. The SMILES string of the molecule is CNc1cc(C(=O)NCc2ccc(-c3nn(C)cc3-c3ccncc3C)cc2)ccn1. The second-order valence-corrected chi connectivity index (χ2v) is 7.32. The van der Waals surface area contributed by atoms with Crippen molar-refractivity contribution in [3.63, 3.8) is 0 Å². The van der Waals surface area contributed by atoms with Gasteiger partial charge in [-0.3, -0.25) is 14.5 Å². The molecule has 0 fully saturated rings. The van der Waals surface area contributed by atoms with Crippen LogP contribution in [0.2, 0.25) is 0 Å². The lowest BCUT2D eigenvalue weighted by molar-refractivity contribution is 0.0951. The van der Waals surface area contributed by atoms with Gasteiger partial charge in [-0.15, -0.1) is 0 Å². The monoisotopic (exact) mass is 412 g/mol. The Hall–Kier alpha value is -4.00. The Balaban J connectivity index is 1.50. The normalized spacial score (nSPS) is 10.7. The molecule has 0 aliphatic heterocycles. The van der Waals surface area contributed by atoms with Crippen molar-refractivity contribution in [1.29, 1.82) is 0 Å². The lowest BCUT2D eigenvalue weighted by Crippen LogP contribution is -2.22. The highest BCUT2D eigenvalue weighted by molar-refractivity contribution is 5.94. The fourth-order valence-electron chi connectivity index (χ4n) is 3.45. The lowest BCUT2D eigenvalue weighted by atomic mass is 9.99. The Kier molecular flexibility index (Phi) is 5.75. The van der Waals surface area contributed by atoms with Crippen molar-refractivity contribution < 1.29 is 4.79 Å². The minimum Gasteiger partial charge on any atom is -0.373 e. The number of aryl methyl sites for hydroxylation is 2. The molecule has 1 aromatic carbocycles. The molecule has 0 spiro atoms. The summed E-state index contributed by atoms with van der Waals surface area (Å²) in [5.41, 5.74) is 6.82. The van der Waals surface area contributed by atoms with E-state index >= 15 is 0 Å². The van der Waals surface area contributed by atoms with Gasteiger partial charge in [-0.25, -0.2) is 4.98 Å². The summed E-state index contributed by atoms with van der Waals surface area (Å²) in [5, 5.41) is 10.6. The van der Waals surface area contributed by atoms with Crippen LogP contribution >= 0.6 is 0 Å². The highest BCUT2D eigenvalue weighted by atomic mass is 16.1. The number of nitrogens with zero attached hydrogens (tertiary/aromatic N) is 4. The van der Waals surface area contributed by atoms with Crippen LogP contribution in [0.15, 0.2) is 67.3 Å². The van der Waals surface area contributed by atoms with Crippen molar-refractivity contribution in [3.05, 3.63) is 83.9 Å². The molecule has 7 heteroatoms. The van der Waals surface area contributed by atoms with Crippen LogP contribution < -0.4 is 10.6 Å². The molecule has 0 aliphatic rings. The quantitative estimate of drug-likeness (QED) is 0.503. The zero-order chi connectivity index (χ0) is 21.8. The Morgan fingerprint density at radius 3 is 2.61 bits per heavy atom. The maximum atomic E-state index is 12.4. The molecule has 156 valence electrons. The first-order chi connectivity index (χ1) is 15.0. The summed E-state index contributed by atoms with van der Waals surface area (Å²) in [6.45, 7) is 2.49. The van der Waals surface area contributed by atoms with Crippen LogP contribution in [0.4, 0.5) is 5.82 Å². The second-order valence-electron chi connectivity index (χ2n) is 7.32. The molecule has 0 atom stereocenters. The van der Waals surface area contributed by atoms with E-state index in [4.69, 9.17) is 0 Å². The minimum absolute atomic E-state index is 0.136. The van der Waals surface area contributed by atoms with Crippen LogP contribution in [-0.2, 0) is 13.6 Å². The first-order valence-electron chi connectivity index (χ1n) is 10.0. The Bertz CT molecular complexity index is 1210. The fourth-order valence-corrected chi connectivity index (χ4v) is 3.45. The summed E-state index contributed by atoms with van der Waals surface area (Å²) < 4.78 is 1.83. The van der Waals surface area contributed by atoms with Crippen molar-refractivity contribution in [1.82, 2.24) is 25.1 Å². The molecule has 3 heterocycles. The molecule has 0 aliphatic carbocycles. The molecule has 7 nitrogen and oxygen atoms in total. The first-order valence-corrected chi connectivity index (χ1v) is 10.0. The van der Waals surface area contributed by atoms with Gasteiger partial charge < -0.3 is 10.6 Å². The van der Waals surface area contributed by atoms with Crippen molar-refractivity contribution in [2.45, 2.75) is 13.5 Å². The van der Waals surface area contributed by atoms with Gasteiger partial charge in [0.2, 0.25) is 0 Å². The second kappa shape index (κ2) is 8.79. The van der Waals surface area contributed by atoms with Gasteiger partial charge in [-0.1, -0.05) is 24.3 Å². The zero-order valence-corrected chi connectivity index (χ0v) is 17.8. The van der Waals surface area contributed by atoms with E-state index in [1.165, 1.54) is 0 Å². The summed E-state index contributed by atoms with van der Waals surface area (Å²) >= 11 is 0. The summed E-state index contributed by atoms with van der Waals surface area (Å²) in [6, 6.07) is 13.5. The van der Waals surface area contributed by atoms with Gasteiger partial charge in [0.25, 0.3) is 5.91 Å². The smallest absolute Gasteiger partial charge is 0.251 e. The number of aromatic nitrogens is 4. The highest BCUT2D eigenvalue weighted by Gasteiger charge is 2.14. The molecule has 4 aromatic rings. The molecular formula is C24H24N6O. The number of hydrogen-bond acceptors (Lipinski definition) is 5. The van der Waals surface area contributed by atoms with Crippen LogP contribution in [0.1, 0.15) is 21.5 Å². The average molecular weight is 412 g/mol. The van der Waals surface area contributed by atoms with E-state index < -0.39 is 0 Å². The summed E-state index contributed by atoms with van der Waals surface area (Å²) in [5.74, 6) is 0.524. The minimum atomic E-state index is -0.136. The molecular weight excluding hydrogens is 388 g/mol. The van der Waals surface area contributed by atoms with Crippen LogP contribution in [0.25, 0.3) is 22.4 Å². The number of nitrogens with one attached hydrogen (secondary N) is 2. The fraction of sp³-hybridized carbons (Fsp3) is 0.167. The van der Waals surface area contributed by atoms with Gasteiger partial charge >= 0.3 is 0 Å². The van der Waals surface area contributed by atoms with Crippen molar-refractivity contribution in [2.24, 2.45) is 7.05 Å². The van der Waals surface area contributed by atoms with Crippen LogP contribution in [0.3, 0.4) is 0 Å². The maximum Gasteiger partial charge on any atom is 0.251 e. The molecule has 0 radical (unpaired) electrons. The van der Waals surface area contributed by atoms with Crippen molar-refractivity contribution >= 4 is 11.7 Å². The zero-order valence-electron chi connectivity index (χ0n) is 17.8. The average Bonchev–Trinajstić information content (AvgIpc) is 3.19. The predicted octanol–water partition coefficient (Wildman–Crippen LogP) is 3.82. The third-order valence-corrected chi connectivity index (χ3v) is 5.10. The molecule has 2 N–H and O–H groups in total. The number of carbonyl (C=O) groups is 1. The number of hydrogen-bond donors (Lipinski definition) is 2. The van der Waals surface area contributed by atoms with Gasteiger partial charge in [0, 0.05) is 62.1 Å². The van der Waals surface area contributed by atoms with Crippen LogP contribution in [0, 0.1) is 6.92 Å². The third kappa shape index (κ3) is 4.45.